The highest BCUT2D eigenvalue weighted by Gasteiger charge is 2.21. The lowest BCUT2D eigenvalue weighted by molar-refractivity contribution is 0.0796. The van der Waals surface area contributed by atoms with Crippen molar-refractivity contribution >= 4 is 17.5 Å². The van der Waals surface area contributed by atoms with Crippen molar-refractivity contribution in [3.05, 3.63) is 59.2 Å². The van der Waals surface area contributed by atoms with Crippen LogP contribution >= 0.6 is 0 Å². The molecule has 3 rings (SSSR count). The molecular formula is C21H24N2O3. The first-order valence-electron chi connectivity index (χ1n) is 8.70. The van der Waals surface area contributed by atoms with Crippen LogP contribution in [-0.4, -0.2) is 36.9 Å². The summed E-state index contributed by atoms with van der Waals surface area (Å²) in [5.74, 6) is 0.232. The van der Waals surface area contributed by atoms with Gasteiger partial charge in [0.15, 0.2) is 0 Å². The number of hydrogen-bond acceptors (Lipinski definition) is 3. The highest BCUT2D eigenvalue weighted by molar-refractivity contribution is 6.05. The lowest BCUT2D eigenvalue weighted by Gasteiger charge is -2.19. The average Bonchev–Trinajstić information content (AvgIpc) is 2.74. The van der Waals surface area contributed by atoms with Crippen LogP contribution in [0.3, 0.4) is 0 Å². The molecule has 0 fully saturated rings. The van der Waals surface area contributed by atoms with Gasteiger partial charge >= 0.3 is 0 Å². The highest BCUT2D eigenvalue weighted by atomic mass is 16.5. The molecule has 5 nitrogen and oxygen atoms in total. The lowest BCUT2D eigenvalue weighted by atomic mass is 9.87. The third-order valence-corrected chi connectivity index (χ3v) is 4.51. The average molecular weight is 352 g/mol. The number of rotatable bonds is 2. The van der Waals surface area contributed by atoms with Crippen LogP contribution in [0, 0.1) is 0 Å². The zero-order chi connectivity index (χ0) is 18.9. The van der Waals surface area contributed by atoms with Crippen LogP contribution in [0.2, 0.25) is 0 Å². The summed E-state index contributed by atoms with van der Waals surface area (Å²) >= 11 is 0. The van der Waals surface area contributed by atoms with Gasteiger partial charge in [0, 0.05) is 18.3 Å². The molecule has 0 spiro atoms. The van der Waals surface area contributed by atoms with Crippen molar-refractivity contribution < 1.29 is 14.3 Å². The Bertz CT molecular complexity index is 835. The van der Waals surface area contributed by atoms with Crippen LogP contribution in [0.25, 0.3) is 0 Å². The molecule has 0 saturated heterocycles. The number of likely N-dealkylation sites (N-methyl/N-ethyl adjacent to an activating group) is 1. The Morgan fingerprint density at radius 2 is 1.81 bits per heavy atom. The molecule has 0 bridgehead atoms. The summed E-state index contributed by atoms with van der Waals surface area (Å²) in [4.78, 5) is 26.5. The Balaban J connectivity index is 1.80. The fraction of sp³-hybridized carbons (Fsp3) is 0.333. The zero-order valence-corrected chi connectivity index (χ0v) is 15.6. The van der Waals surface area contributed by atoms with Crippen molar-refractivity contribution in [2.24, 2.45) is 0 Å². The molecule has 5 heteroatoms. The Hall–Kier alpha value is -2.82. The summed E-state index contributed by atoms with van der Waals surface area (Å²) in [6, 6.07) is 12.7. The molecule has 2 aromatic rings. The molecule has 2 amide bonds. The van der Waals surface area contributed by atoms with Gasteiger partial charge in [-0.2, -0.15) is 0 Å². The first kappa shape index (κ1) is 18.0. The van der Waals surface area contributed by atoms with Crippen LogP contribution in [0.5, 0.6) is 5.75 Å². The molecule has 1 aliphatic heterocycles. The van der Waals surface area contributed by atoms with Gasteiger partial charge in [-0.25, -0.2) is 0 Å². The standard InChI is InChI=1S/C21H24N2O3/c1-21(2,3)15-7-5-14(6-8-15)19(24)22-16-9-10-18-17(13-16)20(25)23(4)11-12-26-18/h5-10,13H,11-12H2,1-4H3,(H,22,24). The number of hydrogen-bond donors (Lipinski definition) is 1. The second-order valence-corrected chi connectivity index (χ2v) is 7.57. The van der Waals surface area contributed by atoms with E-state index in [0.717, 1.165) is 0 Å². The molecule has 1 aliphatic rings. The smallest absolute Gasteiger partial charge is 0.257 e. The van der Waals surface area contributed by atoms with E-state index in [9.17, 15) is 9.59 Å². The fourth-order valence-electron chi connectivity index (χ4n) is 2.83. The van der Waals surface area contributed by atoms with Crippen molar-refractivity contribution in [2.75, 3.05) is 25.5 Å². The van der Waals surface area contributed by atoms with E-state index in [1.807, 2.05) is 24.3 Å². The molecular weight excluding hydrogens is 328 g/mol. The maximum absolute atomic E-state index is 12.5. The zero-order valence-electron chi connectivity index (χ0n) is 15.6. The minimum absolute atomic E-state index is 0.0401. The van der Waals surface area contributed by atoms with Gasteiger partial charge in [-0.3, -0.25) is 9.59 Å². The third kappa shape index (κ3) is 3.72. The first-order chi connectivity index (χ1) is 12.3. The van der Waals surface area contributed by atoms with Crippen LogP contribution in [0.1, 0.15) is 47.1 Å². The second-order valence-electron chi connectivity index (χ2n) is 7.57. The number of carbonyl (C=O) groups excluding carboxylic acids is 2. The summed E-state index contributed by atoms with van der Waals surface area (Å²) in [6.07, 6.45) is 0. The van der Waals surface area contributed by atoms with Crippen LogP contribution in [0.15, 0.2) is 42.5 Å². The number of amides is 2. The van der Waals surface area contributed by atoms with E-state index in [0.29, 0.717) is 35.7 Å². The lowest BCUT2D eigenvalue weighted by Crippen LogP contribution is -2.27. The van der Waals surface area contributed by atoms with E-state index < -0.39 is 0 Å². The predicted octanol–water partition coefficient (Wildman–Crippen LogP) is 3.70. The Morgan fingerprint density at radius 1 is 1.12 bits per heavy atom. The topological polar surface area (TPSA) is 58.6 Å². The SMILES string of the molecule is CN1CCOc2ccc(NC(=O)c3ccc(C(C)(C)C)cc3)cc2C1=O. The second kappa shape index (κ2) is 6.83. The summed E-state index contributed by atoms with van der Waals surface area (Å²) < 4.78 is 5.60. The van der Waals surface area contributed by atoms with Crippen LogP contribution in [-0.2, 0) is 5.41 Å². The molecule has 26 heavy (non-hydrogen) atoms. The fourth-order valence-corrected chi connectivity index (χ4v) is 2.83. The van der Waals surface area contributed by atoms with E-state index in [4.69, 9.17) is 4.74 Å². The number of anilines is 1. The van der Waals surface area contributed by atoms with Crippen molar-refractivity contribution in [2.45, 2.75) is 26.2 Å². The van der Waals surface area contributed by atoms with Gasteiger partial charge < -0.3 is 15.0 Å². The van der Waals surface area contributed by atoms with Gasteiger partial charge in [-0.1, -0.05) is 32.9 Å². The number of benzene rings is 2. The van der Waals surface area contributed by atoms with Gasteiger partial charge in [0.05, 0.1) is 12.1 Å². The molecule has 0 aliphatic carbocycles. The molecule has 1 heterocycles. The monoisotopic (exact) mass is 352 g/mol. The van der Waals surface area contributed by atoms with Crippen molar-refractivity contribution in [1.29, 1.82) is 0 Å². The van der Waals surface area contributed by atoms with Crippen molar-refractivity contribution in [3.8, 4) is 5.75 Å². The van der Waals surface area contributed by atoms with Crippen LogP contribution < -0.4 is 10.1 Å². The Labute approximate surface area is 154 Å². The molecule has 0 saturated carbocycles. The van der Waals surface area contributed by atoms with Gasteiger partial charge in [-0.05, 0) is 41.3 Å². The minimum Gasteiger partial charge on any atom is -0.491 e. The Morgan fingerprint density at radius 3 is 2.46 bits per heavy atom. The molecule has 1 N–H and O–H groups in total. The van der Waals surface area contributed by atoms with E-state index in [2.05, 4.69) is 26.1 Å². The first-order valence-corrected chi connectivity index (χ1v) is 8.70. The van der Waals surface area contributed by atoms with Crippen LogP contribution in [0.4, 0.5) is 5.69 Å². The molecule has 0 aromatic heterocycles. The number of ether oxygens (including phenoxy) is 1. The quantitative estimate of drug-likeness (QED) is 0.896. The predicted molar refractivity (Wildman–Crippen MR) is 102 cm³/mol. The van der Waals surface area contributed by atoms with Gasteiger partial charge in [0.1, 0.15) is 12.4 Å². The third-order valence-electron chi connectivity index (χ3n) is 4.51. The Kier molecular flexibility index (Phi) is 4.72. The normalized spacial score (nSPS) is 14.3. The maximum atomic E-state index is 12.5. The number of fused-ring (bicyclic) bond motifs is 1. The summed E-state index contributed by atoms with van der Waals surface area (Å²) in [6.45, 7) is 7.39. The van der Waals surface area contributed by atoms with Crippen molar-refractivity contribution in [3.63, 3.8) is 0 Å². The summed E-state index contributed by atoms with van der Waals surface area (Å²) in [5.41, 5.74) is 2.82. The van der Waals surface area contributed by atoms with Crippen molar-refractivity contribution in [1.82, 2.24) is 4.90 Å². The number of nitrogens with zero attached hydrogens (tertiary/aromatic N) is 1. The number of nitrogens with one attached hydrogen (secondary N) is 1. The highest BCUT2D eigenvalue weighted by Crippen LogP contribution is 2.27. The largest absolute Gasteiger partial charge is 0.491 e. The molecule has 2 aromatic carbocycles. The molecule has 0 radical (unpaired) electrons. The molecule has 0 unspecified atom stereocenters. The van der Waals surface area contributed by atoms with E-state index in [-0.39, 0.29) is 17.2 Å². The molecule has 0 atom stereocenters. The minimum atomic E-state index is -0.208. The van der Waals surface area contributed by atoms with Gasteiger partial charge in [-0.15, -0.1) is 0 Å². The molecule has 136 valence electrons. The summed E-state index contributed by atoms with van der Waals surface area (Å²) in [5, 5.41) is 2.86. The van der Waals surface area contributed by atoms with Gasteiger partial charge in [0.2, 0.25) is 0 Å². The maximum Gasteiger partial charge on any atom is 0.257 e. The van der Waals surface area contributed by atoms with E-state index in [1.54, 1.807) is 30.1 Å². The van der Waals surface area contributed by atoms with E-state index >= 15 is 0 Å². The van der Waals surface area contributed by atoms with Gasteiger partial charge in [0.25, 0.3) is 11.8 Å². The summed E-state index contributed by atoms with van der Waals surface area (Å²) in [7, 11) is 1.74. The van der Waals surface area contributed by atoms with E-state index in [1.165, 1.54) is 5.56 Å². The number of carbonyl (C=O) groups is 2.